The molecule has 0 bridgehead atoms. The lowest BCUT2D eigenvalue weighted by Crippen LogP contribution is -2.14. The van der Waals surface area contributed by atoms with Crippen LogP contribution in [-0.4, -0.2) is 30.5 Å². The molecule has 2 unspecified atom stereocenters. The second kappa shape index (κ2) is 7.15. The minimum atomic E-state index is -1.27. The Hall–Kier alpha value is -2.28. The maximum absolute atomic E-state index is 10.3. The van der Waals surface area contributed by atoms with Crippen molar-refractivity contribution in [3.8, 4) is 12.1 Å². The molecule has 0 saturated heterocycles. The van der Waals surface area contributed by atoms with Crippen LogP contribution in [-0.2, 0) is 9.59 Å². The van der Waals surface area contributed by atoms with Crippen molar-refractivity contribution >= 4 is 12.3 Å². The fraction of sp³-hybridized carbons (Fsp3) is 0.500. The monoisotopic (exact) mass is 208 g/mol. The van der Waals surface area contributed by atoms with Gasteiger partial charge in [-0.25, -0.2) is 0 Å². The number of carbonyl (C=O) groups excluding carboxylic acids is 1. The highest BCUT2D eigenvalue weighted by atomic mass is 16.4. The predicted molar refractivity (Wildman–Crippen MR) is 46.5 cm³/mol. The lowest BCUT2D eigenvalue weighted by molar-refractivity contribution is -0.139. The Morgan fingerprint density at radius 1 is 1.33 bits per heavy atom. The number of carboxylic acids is 1. The van der Waals surface area contributed by atoms with Crippen LogP contribution in [0.5, 0.6) is 0 Å². The van der Waals surface area contributed by atoms with Crippen LogP contribution in [0.15, 0.2) is 10.2 Å². The van der Waals surface area contributed by atoms with Crippen molar-refractivity contribution in [3.05, 3.63) is 0 Å². The van der Waals surface area contributed by atoms with E-state index >= 15 is 0 Å². The fourth-order valence-electron chi connectivity index (χ4n) is 0.574. The molecule has 0 heterocycles. The van der Waals surface area contributed by atoms with Gasteiger partial charge in [-0.3, -0.25) is 4.79 Å². The van der Waals surface area contributed by atoms with Crippen LogP contribution in [0.1, 0.15) is 0 Å². The van der Waals surface area contributed by atoms with E-state index < -0.39 is 17.8 Å². The summed E-state index contributed by atoms with van der Waals surface area (Å²) in [7, 11) is 0. The minimum Gasteiger partial charge on any atom is -0.480 e. The van der Waals surface area contributed by atoms with Gasteiger partial charge in [-0.1, -0.05) is 0 Å². The number of aliphatic carboxylic acids is 1. The molecule has 15 heavy (non-hydrogen) atoms. The Labute approximate surface area is 85.6 Å². The zero-order valence-electron chi connectivity index (χ0n) is 7.70. The van der Waals surface area contributed by atoms with E-state index in [1.54, 1.807) is 6.07 Å². The van der Waals surface area contributed by atoms with Crippen molar-refractivity contribution in [3.63, 3.8) is 0 Å². The van der Waals surface area contributed by atoms with E-state index in [1.807, 2.05) is 0 Å². The first-order valence-electron chi connectivity index (χ1n) is 3.96. The summed E-state index contributed by atoms with van der Waals surface area (Å²) >= 11 is 0. The first-order valence-corrected chi connectivity index (χ1v) is 3.96. The van der Waals surface area contributed by atoms with Gasteiger partial charge < -0.3 is 9.90 Å². The zero-order valence-corrected chi connectivity index (χ0v) is 7.70. The molecule has 0 aliphatic carbocycles. The third-order valence-electron chi connectivity index (χ3n) is 1.43. The number of carboxylic acid groups (broad SMARTS) is 1. The molecule has 0 amide bonds. The summed E-state index contributed by atoms with van der Waals surface area (Å²) in [5.41, 5.74) is 0. The maximum Gasteiger partial charge on any atom is 0.322 e. The molecule has 0 aromatic heterocycles. The van der Waals surface area contributed by atoms with Gasteiger partial charge in [-0.05, 0) is 0 Å². The van der Waals surface area contributed by atoms with Crippen molar-refractivity contribution in [2.24, 2.45) is 22.1 Å². The maximum atomic E-state index is 10.3. The number of azo groups is 1. The van der Waals surface area contributed by atoms with E-state index in [-0.39, 0.29) is 13.1 Å². The summed E-state index contributed by atoms with van der Waals surface area (Å²) < 4.78 is 0. The van der Waals surface area contributed by atoms with Crippen LogP contribution in [0, 0.1) is 34.5 Å². The summed E-state index contributed by atoms with van der Waals surface area (Å²) in [6, 6.07) is 3.20. The normalized spacial score (nSPS) is 13.7. The third kappa shape index (κ3) is 5.11. The Balaban J connectivity index is 4.01. The van der Waals surface area contributed by atoms with E-state index in [9.17, 15) is 9.59 Å². The Morgan fingerprint density at radius 3 is 2.33 bits per heavy atom. The van der Waals surface area contributed by atoms with Crippen LogP contribution in [0.3, 0.4) is 0 Å². The Morgan fingerprint density at radius 2 is 1.93 bits per heavy atom. The van der Waals surface area contributed by atoms with Crippen molar-refractivity contribution < 1.29 is 14.7 Å². The molecule has 2 atom stereocenters. The molecule has 0 fully saturated rings. The van der Waals surface area contributed by atoms with Gasteiger partial charge in [0.1, 0.15) is 12.2 Å². The molecule has 7 nitrogen and oxygen atoms in total. The average Bonchev–Trinajstić information content (AvgIpc) is 2.23. The van der Waals surface area contributed by atoms with Crippen LogP contribution in [0.4, 0.5) is 0 Å². The summed E-state index contributed by atoms with van der Waals surface area (Å²) in [5, 5.41) is 32.0. The van der Waals surface area contributed by atoms with Gasteiger partial charge in [0.15, 0.2) is 5.92 Å². The fourth-order valence-corrected chi connectivity index (χ4v) is 0.574. The molecule has 0 aliphatic heterocycles. The van der Waals surface area contributed by atoms with Gasteiger partial charge in [0.05, 0.1) is 25.2 Å². The van der Waals surface area contributed by atoms with Gasteiger partial charge in [-0.15, -0.1) is 0 Å². The molecule has 0 aromatic carbocycles. The van der Waals surface area contributed by atoms with E-state index in [0.29, 0.717) is 6.29 Å². The number of hydrogen-bond acceptors (Lipinski definition) is 6. The lowest BCUT2D eigenvalue weighted by atomic mass is 10.2. The highest BCUT2D eigenvalue weighted by molar-refractivity contribution is 5.73. The van der Waals surface area contributed by atoms with Crippen molar-refractivity contribution in [1.82, 2.24) is 0 Å². The molecule has 0 aromatic rings. The van der Waals surface area contributed by atoms with E-state index in [2.05, 4.69) is 10.2 Å². The van der Waals surface area contributed by atoms with E-state index in [1.165, 1.54) is 6.07 Å². The molecule has 0 rings (SSSR count). The highest BCUT2D eigenvalue weighted by Gasteiger charge is 2.15. The van der Waals surface area contributed by atoms with Crippen molar-refractivity contribution in [2.75, 3.05) is 13.1 Å². The van der Waals surface area contributed by atoms with Gasteiger partial charge in [0, 0.05) is 0 Å². The molecule has 0 saturated carbocycles. The summed E-state index contributed by atoms with van der Waals surface area (Å²) in [5.74, 6) is -3.40. The van der Waals surface area contributed by atoms with Crippen LogP contribution in [0.25, 0.3) is 0 Å². The minimum absolute atomic E-state index is 0.113. The largest absolute Gasteiger partial charge is 0.480 e. The SMILES string of the molecule is N#CC(C=O)CN=NCC(C#N)C(=O)O. The number of rotatable bonds is 6. The highest BCUT2D eigenvalue weighted by Crippen LogP contribution is 1.97. The number of aldehydes is 1. The number of nitriles is 2. The average molecular weight is 208 g/mol. The van der Waals surface area contributed by atoms with Gasteiger partial charge in [-0.2, -0.15) is 20.8 Å². The zero-order chi connectivity index (χ0) is 11.7. The molecular formula is C8H8N4O3. The summed E-state index contributed by atoms with van der Waals surface area (Å²) in [6.45, 7) is -0.388. The number of hydrogen-bond donors (Lipinski definition) is 1. The molecule has 78 valence electrons. The second-order valence-corrected chi connectivity index (χ2v) is 2.54. The molecule has 0 aliphatic rings. The first kappa shape index (κ1) is 12.7. The van der Waals surface area contributed by atoms with E-state index in [0.717, 1.165) is 0 Å². The number of carbonyl (C=O) groups is 2. The van der Waals surface area contributed by atoms with Crippen LogP contribution < -0.4 is 0 Å². The summed E-state index contributed by atoms with van der Waals surface area (Å²) in [4.78, 5) is 20.5. The number of nitrogens with zero attached hydrogens (tertiary/aromatic N) is 4. The molecule has 0 spiro atoms. The van der Waals surface area contributed by atoms with Crippen molar-refractivity contribution in [2.45, 2.75) is 0 Å². The van der Waals surface area contributed by atoms with Gasteiger partial charge >= 0.3 is 5.97 Å². The standard InChI is InChI=1S/C8H8N4O3/c9-1-6(5-13)3-11-12-4-7(2-10)8(14)15/h5-7H,3-4H2,(H,14,15). The van der Waals surface area contributed by atoms with Gasteiger partial charge in [0.2, 0.25) is 0 Å². The Bertz CT molecular complexity index is 339. The second-order valence-electron chi connectivity index (χ2n) is 2.54. The van der Waals surface area contributed by atoms with Gasteiger partial charge in [0.25, 0.3) is 0 Å². The lowest BCUT2D eigenvalue weighted by Gasteiger charge is -1.97. The molecular weight excluding hydrogens is 200 g/mol. The first-order chi connectivity index (χ1) is 7.15. The van der Waals surface area contributed by atoms with Crippen LogP contribution >= 0.6 is 0 Å². The Kier molecular flexibility index (Phi) is 6.07. The topological polar surface area (TPSA) is 127 Å². The molecule has 7 heteroatoms. The van der Waals surface area contributed by atoms with Crippen molar-refractivity contribution in [1.29, 1.82) is 10.5 Å². The smallest absolute Gasteiger partial charge is 0.322 e. The van der Waals surface area contributed by atoms with Crippen LogP contribution in [0.2, 0.25) is 0 Å². The predicted octanol–water partition coefficient (Wildman–Crippen LogP) is 0.00166. The molecule has 0 radical (unpaired) electrons. The molecule has 1 N–H and O–H groups in total. The third-order valence-corrected chi connectivity index (χ3v) is 1.43. The summed E-state index contributed by atoms with van der Waals surface area (Å²) in [6.07, 6.45) is 0.429. The van der Waals surface area contributed by atoms with E-state index in [4.69, 9.17) is 15.6 Å². The quantitative estimate of drug-likeness (QED) is 0.485.